The summed E-state index contributed by atoms with van der Waals surface area (Å²) in [5.74, 6) is -1.66. The Morgan fingerprint density at radius 3 is 1.18 bits per heavy atom. The monoisotopic (exact) mass is 1150 g/mol. The first-order valence-corrected chi connectivity index (χ1v) is 32.5. The minimum atomic E-state index is -4.92. The molecule has 0 aromatic carbocycles. The van der Waals surface area contributed by atoms with Gasteiger partial charge >= 0.3 is 33.6 Å². The smallest absolute Gasteiger partial charge is 0.463 e. The number of phosphoric acid groups is 2. The summed E-state index contributed by atoms with van der Waals surface area (Å²) in [7, 11) is -9.78. The first kappa shape index (κ1) is 75.5. The Labute approximate surface area is 476 Å². The van der Waals surface area contributed by atoms with Gasteiger partial charge in [-0.25, -0.2) is 9.13 Å². The molecule has 0 bridgehead atoms. The molecule has 0 fully saturated rings. The van der Waals surface area contributed by atoms with Crippen molar-refractivity contribution in [2.75, 3.05) is 39.6 Å². The zero-order chi connectivity index (χ0) is 58.2. The highest BCUT2D eigenvalue weighted by Gasteiger charge is 2.29. The maximum absolute atomic E-state index is 12.8. The van der Waals surface area contributed by atoms with E-state index < -0.39 is 91.5 Å². The number of carbonyl (C=O) groups excluding carboxylic acids is 3. The maximum atomic E-state index is 12.8. The van der Waals surface area contributed by atoms with Crippen molar-refractivity contribution in [1.82, 2.24) is 0 Å². The van der Waals surface area contributed by atoms with Crippen LogP contribution in [0.5, 0.6) is 0 Å². The lowest BCUT2D eigenvalue weighted by Gasteiger charge is -2.21. The van der Waals surface area contributed by atoms with Crippen LogP contribution in [-0.4, -0.2) is 95.9 Å². The van der Waals surface area contributed by atoms with E-state index in [1.165, 1.54) is 25.7 Å². The molecule has 79 heavy (non-hydrogen) atoms. The van der Waals surface area contributed by atoms with Crippen LogP contribution >= 0.6 is 15.6 Å². The van der Waals surface area contributed by atoms with E-state index in [2.05, 4.69) is 106 Å². The highest BCUT2D eigenvalue weighted by Crippen LogP contribution is 2.45. The lowest BCUT2D eigenvalue weighted by atomic mass is 10.1. The van der Waals surface area contributed by atoms with Gasteiger partial charge in [-0.15, -0.1) is 0 Å². The fourth-order valence-corrected chi connectivity index (χ4v) is 8.81. The van der Waals surface area contributed by atoms with Crippen LogP contribution in [0.2, 0.25) is 0 Å². The summed E-state index contributed by atoms with van der Waals surface area (Å²) in [6.45, 7) is 2.33. The van der Waals surface area contributed by atoms with Crippen LogP contribution in [0.3, 0.4) is 0 Å². The van der Waals surface area contributed by atoms with Crippen molar-refractivity contribution < 1.29 is 75.8 Å². The van der Waals surface area contributed by atoms with Gasteiger partial charge in [0.15, 0.2) is 6.10 Å². The van der Waals surface area contributed by atoms with Crippen LogP contribution < -0.4 is 0 Å². The number of carbonyl (C=O) groups is 3. The number of rotatable bonds is 55. The molecule has 0 saturated carbocycles. The average molecular weight is 1160 g/mol. The molecule has 454 valence electrons. The molecule has 5 unspecified atom stereocenters. The second kappa shape index (κ2) is 55.0. The highest BCUT2D eigenvalue weighted by molar-refractivity contribution is 7.47. The van der Waals surface area contributed by atoms with Gasteiger partial charge in [0.05, 0.1) is 26.4 Å². The van der Waals surface area contributed by atoms with E-state index >= 15 is 0 Å². The van der Waals surface area contributed by atoms with Crippen molar-refractivity contribution in [3.05, 3.63) is 97.2 Å². The second-order valence-electron chi connectivity index (χ2n) is 19.4. The fraction of sp³-hybridized carbons (Fsp3) is 0.689. The number of phosphoric ester groups is 2. The molecule has 0 aromatic rings. The van der Waals surface area contributed by atoms with E-state index in [0.717, 1.165) is 122 Å². The zero-order valence-corrected chi connectivity index (χ0v) is 50.3. The molecule has 0 aliphatic carbocycles. The molecule has 0 rings (SSSR count). The van der Waals surface area contributed by atoms with Gasteiger partial charge in [0.2, 0.25) is 0 Å². The van der Waals surface area contributed by atoms with Gasteiger partial charge in [0.1, 0.15) is 25.4 Å². The molecule has 0 saturated heterocycles. The largest absolute Gasteiger partial charge is 0.472 e. The minimum Gasteiger partial charge on any atom is -0.463 e. The fourth-order valence-electron chi connectivity index (χ4n) is 7.22. The molecule has 5 atom stereocenters. The lowest BCUT2D eigenvalue weighted by molar-refractivity contribution is -0.161. The van der Waals surface area contributed by atoms with Gasteiger partial charge in [-0.05, 0) is 109 Å². The third-order valence-electron chi connectivity index (χ3n) is 11.7. The molecular weight excluding hydrogens is 1050 g/mol. The van der Waals surface area contributed by atoms with Crippen molar-refractivity contribution in [2.24, 2.45) is 0 Å². The van der Waals surface area contributed by atoms with Crippen LogP contribution in [0, 0.1) is 0 Å². The van der Waals surface area contributed by atoms with Crippen molar-refractivity contribution >= 4 is 33.6 Å². The summed E-state index contributed by atoms with van der Waals surface area (Å²) < 4.78 is 60.5. The number of esters is 3. The van der Waals surface area contributed by atoms with E-state index in [1.807, 2.05) is 12.2 Å². The van der Waals surface area contributed by atoms with Crippen LogP contribution in [0.1, 0.15) is 213 Å². The van der Waals surface area contributed by atoms with Crippen molar-refractivity contribution in [3.63, 3.8) is 0 Å². The summed E-state index contributed by atoms with van der Waals surface area (Å²) in [6, 6.07) is 0. The number of aliphatic hydroxyl groups is 2. The molecule has 16 nitrogen and oxygen atoms in total. The summed E-state index contributed by atoms with van der Waals surface area (Å²) in [4.78, 5) is 58.0. The quantitative estimate of drug-likeness (QED) is 0.0146. The van der Waals surface area contributed by atoms with Gasteiger partial charge in [0.25, 0.3) is 0 Å². The molecule has 18 heteroatoms. The topological polar surface area (TPSA) is 231 Å². The number of hydrogen-bond donors (Lipinski definition) is 4. The van der Waals surface area contributed by atoms with E-state index in [4.69, 9.17) is 32.3 Å². The molecular formula is C61H104O16P2. The Morgan fingerprint density at radius 2 is 0.709 bits per heavy atom. The predicted molar refractivity (Wildman–Crippen MR) is 316 cm³/mol. The molecule has 0 aliphatic rings. The summed E-state index contributed by atoms with van der Waals surface area (Å²) in [5, 5.41) is 20.4. The van der Waals surface area contributed by atoms with Gasteiger partial charge in [-0.2, -0.15) is 0 Å². The third-order valence-corrected chi connectivity index (χ3v) is 13.6. The van der Waals surface area contributed by atoms with Crippen LogP contribution in [0.4, 0.5) is 0 Å². The molecule has 0 radical (unpaired) electrons. The van der Waals surface area contributed by atoms with Crippen LogP contribution in [0.25, 0.3) is 0 Å². The van der Waals surface area contributed by atoms with E-state index in [9.17, 15) is 43.5 Å². The maximum Gasteiger partial charge on any atom is 0.472 e. The lowest BCUT2D eigenvalue weighted by Crippen LogP contribution is -2.30. The van der Waals surface area contributed by atoms with Gasteiger partial charge < -0.3 is 34.2 Å². The van der Waals surface area contributed by atoms with E-state index in [0.29, 0.717) is 25.7 Å². The van der Waals surface area contributed by atoms with Crippen molar-refractivity contribution in [3.8, 4) is 0 Å². The molecule has 0 spiro atoms. The Balaban J connectivity index is 4.73. The number of aliphatic hydroxyl groups excluding tert-OH is 2. The second-order valence-corrected chi connectivity index (χ2v) is 22.3. The van der Waals surface area contributed by atoms with Crippen LogP contribution in [0.15, 0.2) is 97.2 Å². The summed E-state index contributed by atoms with van der Waals surface area (Å²) in [5.41, 5.74) is 0. The Morgan fingerprint density at radius 1 is 0.367 bits per heavy atom. The van der Waals surface area contributed by atoms with Gasteiger partial charge in [-0.3, -0.25) is 32.5 Å². The molecule has 0 heterocycles. The first-order chi connectivity index (χ1) is 38.2. The van der Waals surface area contributed by atoms with E-state index in [-0.39, 0.29) is 19.3 Å². The summed E-state index contributed by atoms with van der Waals surface area (Å²) in [6.07, 6.45) is 56.3. The van der Waals surface area contributed by atoms with Gasteiger partial charge in [-0.1, -0.05) is 182 Å². The molecule has 4 N–H and O–H groups in total. The minimum absolute atomic E-state index is 0.0890. The van der Waals surface area contributed by atoms with Gasteiger partial charge in [0, 0.05) is 19.3 Å². The number of allylic oxidation sites excluding steroid dienone is 16. The van der Waals surface area contributed by atoms with E-state index in [1.54, 1.807) is 0 Å². The predicted octanol–water partition coefficient (Wildman–Crippen LogP) is 15.2. The Hall–Kier alpha value is -3.53. The third kappa shape index (κ3) is 56.1. The van der Waals surface area contributed by atoms with Crippen molar-refractivity contribution in [1.29, 1.82) is 0 Å². The Kier molecular flexibility index (Phi) is 52.6. The molecule has 0 aliphatic heterocycles. The SMILES string of the molecule is CC/C=C\C/C=C\C/C=C\C/C=C\C/C=C\CCCC(=O)OCC(O)COP(=O)(O)OCC(O)COP(=O)(O)OCC(COC(=O)CCCCCCC/C=C\C/C=C\CCC)OC(=O)CCCCCCC/C=C\CCCCCC. The highest BCUT2D eigenvalue weighted by atomic mass is 31.2. The zero-order valence-electron chi connectivity index (χ0n) is 48.5. The van der Waals surface area contributed by atoms with Crippen LogP contribution in [-0.2, 0) is 55.8 Å². The first-order valence-electron chi connectivity index (χ1n) is 29.5. The number of hydrogen-bond acceptors (Lipinski definition) is 14. The normalized spacial score (nSPS) is 15.2. The number of unbranched alkanes of at least 4 members (excludes halogenated alkanes) is 16. The molecule has 0 amide bonds. The standard InChI is InChI=1S/C61H104O16P2/c1-4-7-10-13-16-19-22-25-26-27-28-31-33-35-38-41-44-47-59(64)71-50-56(62)51-73-78(67,68)74-52-57(63)53-75-79(69,70)76-55-58(77-61(66)49-46-43-40-37-34-30-24-21-18-15-12-9-6-3)54-72-60(65)48-45-42-39-36-32-29-23-20-17-14-11-8-5-2/h7,10-11,14,16,19-21,23-26,28,31,35,38,56-58,62-63H,4-6,8-9,12-13,15,17-18,22,27,29-30,32-34,36-37,39-55H2,1-3H3,(H,67,68)(H,69,70)/b10-7-,14-11-,19-16-,23-20-,24-21-,26-25-,31-28-,38-35-. The number of ether oxygens (including phenoxy) is 3. The summed E-state index contributed by atoms with van der Waals surface area (Å²) >= 11 is 0. The Bertz CT molecular complexity index is 1840. The molecule has 0 aromatic heterocycles. The van der Waals surface area contributed by atoms with Crippen molar-refractivity contribution in [2.45, 2.75) is 232 Å². The average Bonchev–Trinajstić information content (AvgIpc) is 3.42.